The summed E-state index contributed by atoms with van der Waals surface area (Å²) in [6, 6.07) is 20.7. The molecule has 0 heteroatoms. The van der Waals surface area contributed by atoms with Crippen LogP contribution in [0.15, 0.2) is 132 Å². The van der Waals surface area contributed by atoms with Crippen molar-refractivity contribution >= 4 is 11.1 Å². The molecule has 0 fully saturated rings. The molecule has 2 aromatic rings. The minimum Gasteiger partial charge on any atom is -0.0726 e. The van der Waals surface area contributed by atoms with Crippen LogP contribution in [0.25, 0.3) is 11.1 Å². The maximum Gasteiger partial charge on any atom is 0.0291 e. The van der Waals surface area contributed by atoms with Gasteiger partial charge in [0.05, 0.1) is 0 Å². The van der Waals surface area contributed by atoms with E-state index in [0.717, 1.165) is 22.3 Å². The normalized spacial score (nSPS) is 14.4. The molecule has 132 valence electrons. The molecule has 0 amide bonds. The van der Waals surface area contributed by atoms with Gasteiger partial charge in [0.15, 0.2) is 0 Å². The highest BCUT2D eigenvalue weighted by Crippen LogP contribution is 2.28. The third kappa shape index (κ3) is 4.15. The highest BCUT2D eigenvalue weighted by atomic mass is 14.1. The van der Waals surface area contributed by atoms with Crippen LogP contribution in [0.2, 0.25) is 0 Å². The van der Waals surface area contributed by atoms with E-state index in [1.165, 1.54) is 0 Å². The molecule has 0 heterocycles. The van der Waals surface area contributed by atoms with Crippen molar-refractivity contribution in [1.82, 2.24) is 0 Å². The van der Waals surface area contributed by atoms with Crippen LogP contribution in [-0.4, -0.2) is 0 Å². The fourth-order valence-corrected chi connectivity index (χ4v) is 3.38. The van der Waals surface area contributed by atoms with E-state index >= 15 is 0 Å². The molecule has 0 aliphatic heterocycles. The SMILES string of the molecule is C(=C=C=C(c1ccccc1)C1C=CC=C1)=C=C(c1ccccc1)C1C=CC=C1. The molecule has 2 aromatic carbocycles. The lowest BCUT2D eigenvalue weighted by Gasteiger charge is -2.08. The van der Waals surface area contributed by atoms with E-state index < -0.39 is 0 Å². The average Bonchev–Trinajstić information content (AvgIpc) is 3.46. The van der Waals surface area contributed by atoms with Crippen LogP contribution in [-0.2, 0) is 0 Å². The first-order chi connectivity index (χ1) is 13.9. The molecule has 0 spiro atoms. The zero-order valence-electron chi connectivity index (χ0n) is 15.5. The number of rotatable bonds is 4. The van der Waals surface area contributed by atoms with Gasteiger partial charge in [-0.1, -0.05) is 121 Å². The van der Waals surface area contributed by atoms with Gasteiger partial charge in [0, 0.05) is 23.0 Å². The van der Waals surface area contributed by atoms with Crippen molar-refractivity contribution in [2.45, 2.75) is 0 Å². The summed E-state index contributed by atoms with van der Waals surface area (Å²) in [6.07, 6.45) is 16.9. The molecule has 0 aromatic heterocycles. The third-order valence-electron chi connectivity index (χ3n) is 4.79. The van der Waals surface area contributed by atoms with E-state index in [4.69, 9.17) is 0 Å². The molecule has 0 radical (unpaired) electrons. The minimum atomic E-state index is 0.218. The number of benzene rings is 2. The highest BCUT2D eigenvalue weighted by Gasteiger charge is 2.12. The Morgan fingerprint density at radius 1 is 0.500 bits per heavy atom. The van der Waals surface area contributed by atoms with Crippen molar-refractivity contribution in [3.63, 3.8) is 0 Å². The molecule has 28 heavy (non-hydrogen) atoms. The van der Waals surface area contributed by atoms with E-state index in [2.05, 4.69) is 95.8 Å². The van der Waals surface area contributed by atoms with Gasteiger partial charge in [-0.15, -0.1) is 0 Å². The van der Waals surface area contributed by atoms with E-state index in [1.807, 2.05) is 36.4 Å². The fraction of sp³-hybridized carbons (Fsp3) is 0.0714. The first-order valence-corrected chi connectivity index (χ1v) is 9.48. The smallest absolute Gasteiger partial charge is 0.0291 e. The Morgan fingerprint density at radius 3 is 1.21 bits per heavy atom. The summed E-state index contributed by atoms with van der Waals surface area (Å²) < 4.78 is 0. The lowest BCUT2D eigenvalue weighted by atomic mass is 9.94. The van der Waals surface area contributed by atoms with Gasteiger partial charge in [0.2, 0.25) is 0 Å². The summed E-state index contributed by atoms with van der Waals surface area (Å²) in [6.45, 7) is 0. The third-order valence-corrected chi connectivity index (χ3v) is 4.79. The van der Waals surface area contributed by atoms with E-state index in [1.54, 1.807) is 0 Å². The second kappa shape index (κ2) is 8.77. The number of allylic oxidation sites excluding steroid dienone is 10. The Balaban J connectivity index is 1.85. The van der Waals surface area contributed by atoms with Gasteiger partial charge in [-0.05, 0) is 22.6 Å². The van der Waals surface area contributed by atoms with Crippen LogP contribution in [0.1, 0.15) is 11.1 Å². The van der Waals surface area contributed by atoms with Crippen molar-refractivity contribution < 1.29 is 0 Å². The lowest BCUT2D eigenvalue weighted by molar-refractivity contribution is 1.12. The molecule has 0 nitrogen and oxygen atoms in total. The topological polar surface area (TPSA) is 0 Å². The summed E-state index contributed by atoms with van der Waals surface area (Å²) >= 11 is 0. The molecule has 0 atom stereocenters. The second-order valence-electron chi connectivity index (χ2n) is 6.65. The number of hydrogen-bond acceptors (Lipinski definition) is 0. The Bertz CT molecular complexity index is 1010. The maximum absolute atomic E-state index is 3.32. The monoisotopic (exact) mass is 356 g/mol. The van der Waals surface area contributed by atoms with Crippen LogP contribution in [0.4, 0.5) is 0 Å². The standard InChI is InChI=1S/C28H20/c1-3-13-23(14-4-1)27(25-17-7-8-18-25)21-11-12-22-28(26-19-9-10-20-26)24-15-5-2-6-16-24/h1-10,13-20,25-26H. The minimum absolute atomic E-state index is 0.218. The molecule has 4 rings (SSSR count). The fourth-order valence-electron chi connectivity index (χ4n) is 3.38. The van der Waals surface area contributed by atoms with Gasteiger partial charge in [0.25, 0.3) is 0 Å². The molecular formula is C28H20. The van der Waals surface area contributed by atoms with Crippen molar-refractivity contribution in [3.05, 3.63) is 143 Å². The van der Waals surface area contributed by atoms with Crippen molar-refractivity contribution in [1.29, 1.82) is 0 Å². The van der Waals surface area contributed by atoms with Crippen LogP contribution in [0.3, 0.4) is 0 Å². The number of hydrogen-bond donors (Lipinski definition) is 0. The van der Waals surface area contributed by atoms with Gasteiger partial charge in [0.1, 0.15) is 0 Å². The zero-order chi connectivity index (χ0) is 19.0. The predicted octanol–water partition coefficient (Wildman–Crippen LogP) is 6.70. The van der Waals surface area contributed by atoms with Gasteiger partial charge in [-0.25, -0.2) is 0 Å². The Hall–Kier alpha value is -3.74. The largest absolute Gasteiger partial charge is 0.0726 e. The van der Waals surface area contributed by atoms with Crippen molar-refractivity contribution in [3.8, 4) is 0 Å². The molecule has 0 saturated carbocycles. The Labute approximate surface area is 166 Å². The Kier molecular flexibility index (Phi) is 5.53. The van der Waals surface area contributed by atoms with Gasteiger partial charge in [-0.3, -0.25) is 0 Å². The van der Waals surface area contributed by atoms with Gasteiger partial charge in [-0.2, -0.15) is 0 Å². The molecule has 2 aliphatic rings. The predicted molar refractivity (Wildman–Crippen MR) is 117 cm³/mol. The molecule has 2 aliphatic carbocycles. The average molecular weight is 356 g/mol. The van der Waals surface area contributed by atoms with E-state index in [9.17, 15) is 0 Å². The van der Waals surface area contributed by atoms with Gasteiger partial charge >= 0.3 is 0 Å². The summed E-state index contributed by atoms with van der Waals surface area (Å²) in [5.41, 5.74) is 17.3. The van der Waals surface area contributed by atoms with Crippen LogP contribution >= 0.6 is 0 Å². The van der Waals surface area contributed by atoms with Crippen LogP contribution in [0, 0.1) is 11.8 Å². The molecule has 0 bridgehead atoms. The summed E-state index contributed by atoms with van der Waals surface area (Å²) in [7, 11) is 0. The summed E-state index contributed by atoms with van der Waals surface area (Å²) in [5.74, 6) is 0.435. The summed E-state index contributed by atoms with van der Waals surface area (Å²) in [5, 5.41) is 0. The second-order valence-corrected chi connectivity index (χ2v) is 6.65. The van der Waals surface area contributed by atoms with Crippen LogP contribution in [0.5, 0.6) is 0 Å². The Morgan fingerprint density at radius 2 is 0.857 bits per heavy atom. The first kappa shape index (κ1) is 17.7. The molecule has 0 N–H and O–H groups in total. The van der Waals surface area contributed by atoms with E-state index in [0.29, 0.717) is 0 Å². The summed E-state index contributed by atoms with van der Waals surface area (Å²) in [4.78, 5) is 0. The highest BCUT2D eigenvalue weighted by molar-refractivity contribution is 5.72. The molecule has 0 unspecified atom stereocenters. The molecule has 0 saturated heterocycles. The van der Waals surface area contributed by atoms with Crippen molar-refractivity contribution in [2.75, 3.05) is 0 Å². The van der Waals surface area contributed by atoms with Crippen molar-refractivity contribution in [2.24, 2.45) is 11.8 Å². The van der Waals surface area contributed by atoms with Gasteiger partial charge < -0.3 is 0 Å². The first-order valence-electron chi connectivity index (χ1n) is 9.48. The molecular weight excluding hydrogens is 336 g/mol. The zero-order valence-corrected chi connectivity index (χ0v) is 15.5. The van der Waals surface area contributed by atoms with E-state index in [-0.39, 0.29) is 11.8 Å². The maximum atomic E-state index is 3.32. The lowest BCUT2D eigenvalue weighted by Crippen LogP contribution is -1.93. The quantitative estimate of drug-likeness (QED) is 0.535. The van der Waals surface area contributed by atoms with Crippen LogP contribution < -0.4 is 0 Å².